The van der Waals surface area contributed by atoms with E-state index in [-0.39, 0.29) is 6.61 Å². The molecule has 2 saturated heterocycles. The monoisotopic (exact) mass is 320 g/mol. The van der Waals surface area contributed by atoms with Crippen LogP contribution >= 0.6 is 0 Å². The summed E-state index contributed by atoms with van der Waals surface area (Å²) in [7, 11) is 0. The van der Waals surface area contributed by atoms with Crippen LogP contribution in [0.5, 0.6) is 0 Å². The Balaban J connectivity index is 1.53. The number of aliphatic hydroxyl groups is 1. The molecule has 0 aromatic carbocycles. The molecule has 2 fully saturated rings. The van der Waals surface area contributed by atoms with Crippen molar-refractivity contribution in [2.24, 2.45) is 5.92 Å². The third-order valence-corrected chi connectivity index (χ3v) is 5.56. The van der Waals surface area contributed by atoms with Crippen molar-refractivity contribution in [3.8, 4) is 0 Å². The Morgan fingerprint density at radius 2 is 1.87 bits per heavy atom. The van der Waals surface area contributed by atoms with Crippen LogP contribution in [0.4, 0.5) is 0 Å². The van der Waals surface area contributed by atoms with E-state index in [0.717, 1.165) is 18.2 Å². The van der Waals surface area contributed by atoms with Gasteiger partial charge in [-0.15, -0.1) is 0 Å². The molecule has 5 nitrogen and oxygen atoms in total. The summed E-state index contributed by atoms with van der Waals surface area (Å²) in [5, 5.41) is 13.7. The Morgan fingerprint density at radius 3 is 2.61 bits per heavy atom. The molecule has 1 aromatic rings. The second-order valence-corrected chi connectivity index (χ2v) is 7.35. The van der Waals surface area contributed by atoms with E-state index in [1.165, 1.54) is 69.7 Å². The Bertz CT molecular complexity index is 507. The minimum absolute atomic E-state index is 0.156. The number of rotatable bonds is 6. The van der Waals surface area contributed by atoms with Gasteiger partial charge >= 0.3 is 0 Å². The van der Waals surface area contributed by atoms with Crippen LogP contribution in [0.2, 0.25) is 0 Å². The molecule has 1 atom stereocenters. The van der Waals surface area contributed by atoms with Crippen molar-refractivity contribution in [3.63, 3.8) is 0 Å². The van der Waals surface area contributed by atoms with E-state index < -0.39 is 0 Å². The molecule has 3 heterocycles. The molecule has 3 rings (SSSR count). The highest BCUT2D eigenvalue weighted by molar-refractivity contribution is 5.24. The first kappa shape index (κ1) is 16.9. The van der Waals surface area contributed by atoms with E-state index in [1.807, 2.05) is 4.68 Å². The maximum Gasteiger partial charge on any atom is 0.0644 e. The summed E-state index contributed by atoms with van der Waals surface area (Å²) < 4.78 is 1.95. The van der Waals surface area contributed by atoms with Gasteiger partial charge in [-0.1, -0.05) is 6.42 Å². The van der Waals surface area contributed by atoms with E-state index in [9.17, 15) is 0 Å². The highest BCUT2D eigenvalue weighted by Crippen LogP contribution is 2.23. The van der Waals surface area contributed by atoms with E-state index in [0.29, 0.717) is 6.54 Å². The van der Waals surface area contributed by atoms with Gasteiger partial charge in [0.1, 0.15) is 0 Å². The lowest BCUT2D eigenvalue weighted by Gasteiger charge is -2.29. The maximum atomic E-state index is 9.14. The van der Waals surface area contributed by atoms with Gasteiger partial charge in [0.25, 0.3) is 0 Å². The molecular formula is C18H32N4O. The van der Waals surface area contributed by atoms with Gasteiger partial charge in [0.05, 0.1) is 18.8 Å². The summed E-state index contributed by atoms with van der Waals surface area (Å²) in [5.41, 5.74) is 3.70. The second-order valence-electron chi connectivity index (χ2n) is 7.35. The summed E-state index contributed by atoms with van der Waals surface area (Å²) in [6.45, 7) is 12.3. The van der Waals surface area contributed by atoms with Crippen LogP contribution in [0.3, 0.4) is 0 Å². The lowest BCUT2D eigenvalue weighted by molar-refractivity contribution is 0.193. The van der Waals surface area contributed by atoms with E-state index in [2.05, 4.69) is 28.7 Å². The van der Waals surface area contributed by atoms with Gasteiger partial charge < -0.3 is 10.0 Å². The quantitative estimate of drug-likeness (QED) is 0.868. The number of aliphatic hydroxyl groups excluding tert-OH is 1. The average Bonchev–Trinajstić information content (AvgIpc) is 3.09. The van der Waals surface area contributed by atoms with Crippen LogP contribution in [0.25, 0.3) is 0 Å². The van der Waals surface area contributed by atoms with Gasteiger partial charge in [-0.25, -0.2) is 0 Å². The van der Waals surface area contributed by atoms with Crippen molar-refractivity contribution >= 4 is 0 Å². The molecule has 1 aromatic heterocycles. The number of hydrogen-bond donors (Lipinski definition) is 1. The fourth-order valence-electron chi connectivity index (χ4n) is 4.21. The number of nitrogens with zero attached hydrogens (tertiary/aromatic N) is 4. The van der Waals surface area contributed by atoms with E-state index in [4.69, 9.17) is 5.11 Å². The minimum Gasteiger partial charge on any atom is -0.394 e. The first-order valence-electron chi connectivity index (χ1n) is 9.26. The molecule has 0 radical (unpaired) electrons. The zero-order valence-corrected chi connectivity index (χ0v) is 14.8. The molecule has 2 aliphatic heterocycles. The molecule has 0 spiro atoms. The highest BCUT2D eigenvalue weighted by Gasteiger charge is 2.26. The number of piperidine rings is 1. The number of likely N-dealkylation sites (tertiary alicyclic amines) is 2. The largest absolute Gasteiger partial charge is 0.394 e. The van der Waals surface area contributed by atoms with Crippen molar-refractivity contribution in [2.45, 2.75) is 52.6 Å². The Labute approximate surface area is 140 Å². The van der Waals surface area contributed by atoms with Crippen molar-refractivity contribution in [2.75, 3.05) is 39.3 Å². The van der Waals surface area contributed by atoms with Crippen molar-refractivity contribution in [1.29, 1.82) is 0 Å². The lowest BCUT2D eigenvalue weighted by atomic mass is 10.1. The molecule has 0 saturated carbocycles. The Hall–Kier alpha value is -0.910. The predicted molar refractivity (Wildman–Crippen MR) is 92.5 cm³/mol. The lowest BCUT2D eigenvalue weighted by Crippen LogP contribution is -2.35. The summed E-state index contributed by atoms with van der Waals surface area (Å²) >= 11 is 0. The molecule has 1 N–H and O–H groups in total. The average molecular weight is 320 g/mol. The van der Waals surface area contributed by atoms with Crippen LogP contribution in [0.1, 0.15) is 42.6 Å². The van der Waals surface area contributed by atoms with Gasteiger partial charge in [0, 0.05) is 30.9 Å². The van der Waals surface area contributed by atoms with Crippen LogP contribution in [0, 0.1) is 19.8 Å². The SMILES string of the molecule is Cc1nn(CCO)c(C)c1CN1CCC(CN2CCCCC2)C1. The standard InChI is InChI=1S/C18H32N4O/c1-15-18(16(2)22(19-15)10-11-23)14-21-9-6-17(13-21)12-20-7-4-3-5-8-20/h17,23H,3-14H2,1-2H3. The van der Waals surface area contributed by atoms with Crippen molar-refractivity contribution in [3.05, 3.63) is 17.0 Å². The number of aryl methyl sites for hydroxylation is 1. The summed E-state index contributed by atoms with van der Waals surface area (Å²) in [6.07, 6.45) is 5.53. The first-order chi connectivity index (χ1) is 11.2. The number of aromatic nitrogens is 2. The third kappa shape index (κ3) is 4.14. The topological polar surface area (TPSA) is 44.5 Å². The van der Waals surface area contributed by atoms with Crippen LogP contribution in [-0.2, 0) is 13.1 Å². The second kappa shape index (κ2) is 7.77. The fraction of sp³-hybridized carbons (Fsp3) is 0.833. The number of hydrogen-bond acceptors (Lipinski definition) is 4. The van der Waals surface area contributed by atoms with Crippen LogP contribution in [0.15, 0.2) is 0 Å². The normalized spacial score (nSPS) is 23.7. The zero-order valence-electron chi connectivity index (χ0n) is 14.8. The minimum atomic E-state index is 0.156. The molecule has 0 aliphatic carbocycles. The zero-order chi connectivity index (χ0) is 16.2. The molecule has 0 amide bonds. The third-order valence-electron chi connectivity index (χ3n) is 5.56. The molecule has 2 aliphatic rings. The van der Waals surface area contributed by atoms with Gasteiger partial charge in [0.15, 0.2) is 0 Å². The van der Waals surface area contributed by atoms with Gasteiger partial charge in [-0.3, -0.25) is 9.58 Å². The van der Waals surface area contributed by atoms with E-state index >= 15 is 0 Å². The van der Waals surface area contributed by atoms with Gasteiger partial charge in [-0.05, 0) is 58.7 Å². The van der Waals surface area contributed by atoms with E-state index in [1.54, 1.807) is 0 Å². The Kier molecular flexibility index (Phi) is 5.72. The molecule has 23 heavy (non-hydrogen) atoms. The maximum absolute atomic E-state index is 9.14. The molecule has 5 heteroatoms. The van der Waals surface area contributed by atoms with Crippen molar-refractivity contribution in [1.82, 2.24) is 19.6 Å². The predicted octanol–water partition coefficient (Wildman–Crippen LogP) is 1.80. The molecule has 0 bridgehead atoms. The van der Waals surface area contributed by atoms with Crippen LogP contribution in [-0.4, -0.2) is 64.0 Å². The first-order valence-corrected chi connectivity index (χ1v) is 9.26. The van der Waals surface area contributed by atoms with Crippen molar-refractivity contribution < 1.29 is 5.11 Å². The molecular weight excluding hydrogens is 288 g/mol. The van der Waals surface area contributed by atoms with Crippen LogP contribution < -0.4 is 0 Å². The summed E-state index contributed by atoms with van der Waals surface area (Å²) in [6, 6.07) is 0. The molecule has 130 valence electrons. The Morgan fingerprint density at radius 1 is 1.09 bits per heavy atom. The summed E-state index contributed by atoms with van der Waals surface area (Å²) in [5.74, 6) is 0.834. The smallest absolute Gasteiger partial charge is 0.0644 e. The van der Waals surface area contributed by atoms with Gasteiger partial charge in [-0.2, -0.15) is 5.10 Å². The molecule has 1 unspecified atom stereocenters. The fourth-order valence-corrected chi connectivity index (χ4v) is 4.21. The highest BCUT2D eigenvalue weighted by atomic mass is 16.3. The summed E-state index contributed by atoms with van der Waals surface area (Å²) in [4.78, 5) is 5.27. The van der Waals surface area contributed by atoms with Gasteiger partial charge in [0.2, 0.25) is 0 Å².